The number of carbonyl (C=O) groups is 2. The molecule has 2 aromatic heterocycles. The van der Waals surface area contributed by atoms with Crippen molar-refractivity contribution in [3.8, 4) is 0 Å². The summed E-state index contributed by atoms with van der Waals surface area (Å²) in [4.78, 5) is 30.4. The first-order valence-corrected chi connectivity index (χ1v) is 8.35. The summed E-state index contributed by atoms with van der Waals surface area (Å²) in [6, 6.07) is 10.8. The van der Waals surface area contributed by atoms with Gasteiger partial charge < -0.3 is 9.47 Å². The van der Waals surface area contributed by atoms with E-state index in [9.17, 15) is 9.59 Å². The summed E-state index contributed by atoms with van der Waals surface area (Å²) in [6.07, 6.45) is 2.30. The van der Waals surface area contributed by atoms with Gasteiger partial charge in [0.2, 0.25) is 0 Å². The number of carbonyl (C=O) groups excluding carboxylic acids is 2. The second-order valence-corrected chi connectivity index (χ2v) is 6.39. The molecule has 0 bridgehead atoms. The van der Waals surface area contributed by atoms with Crippen molar-refractivity contribution >= 4 is 22.8 Å². The first-order chi connectivity index (χ1) is 12.6. The van der Waals surface area contributed by atoms with Crippen LogP contribution in [0.15, 0.2) is 42.6 Å². The average Bonchev–Trinajstić information content (AvgIpc) is 2.99. The Kier molecular flexibility index (Phi) is 3.93. The molecule has 3 aromatic rings. The van der Waals surface area contributed by atoms with Crippen LogP contribution in [0.1, 0.15) is 32.0 Å². The van der Waals surface area contributed by atoms with Crippen molar-refractivity contribution in [2.45, 2.75) is 13.0 Å². The molecule has 0 spiro atoms. The Hall–Kier alpha value is -3.19. The van der Waals surface area contributed by atoms with Gasteiger partial charge >= 0.3 is 0 Å². The van der Waals surface area contributed by atoms with Crippen LogP contribution >= 0.6 is 0 Å². The standard InChI is InChI=1S/C19H18N4O3/c1-22-9-10-23-16(19(22)25)15(14-3-2-8-20-17(14)23)11-12-4-6-13(7-5-12)18(24)21-26/h2-8,26H,9-11H2,1H3,(H,21,24). The molecule has 132 valence electrons. The molecule has 7 nitrogen and oxygen atoms in total. The fourth-order valence-corrected chi connectivity index (χ4v) is 3.46. The average molecular weight is 350 g/mol. The van der Waals surface area contributed by atoms with Gasteiger partial charge in [0, 0.05) is 43.7 Å². The lowest BCUT2D eigenvalue weighted by Crippen LogP contribution is -2.37. The number of likely N-dealkylation sites (N-methyl/N-ethyl adjacent to an activating group) is 1. The largest absolute Gasteiger partial charge is 0.339 e. The fraction of sp³-hybridized carbons (Fsp3) is 0.211. The van der Waals surface area contributed by atoms with E-state index in [0.717, 1.165) is 28.7 Å². The van der Waals surface area contributed by atoms with Gasteiger partial charge in [0.15, 0.2) is 0 Å². The van der Waals surface area contributed by atoms with Gasteiger partial charge in [-0.05, 0) is 35.4 Å². The van der Waals surface area contributed by atoms with Gasteiger partial charge in [0.05, 0.1) is 0 Å². The molecular formula is C19H18N4O3. The van der Waals surface area contributed by atoms with Gasteiger partial charge in [-0.15, -0.1) is 0 Å². The summed E-state index contributed by atoms with van der Waals surface area (Å²) in [5, 5.41) is 9.69. The molecule has 26 heavy (non-hydrogen) atoms. The number of benzene rings is 1. The Morgan fingerprint density at radius 2 is 2.00 bits per heavy atom. The highest BCUT2D eigenvalue weighted by molar-refractivity contribution is 6.01. The number of aromatic nitrogens is 2. The maximum Gasteiger partial charge on any atom is 0.274 e. The minimum Gasteiger partial charge on any atom is -0.339 e. The van der Waals surface area contributed by atoms with Crippen molar-refractivity contribution in [1.29, 1.82) is 0 Å². The van der Waals surface area contributed by atoms with Crippen LogP contribution in [-0.4, -0.2) is 45.1 Å². The minimum absolute atomic E-state index is 0.000489. The summed E-state index contributed by atoms with van der Waals surface area (Å²) in [7, 11) is 1.81. The number of hydrogen-bond acceptors (Lipinski definition) is 4. The highest BCUT2D eigenvalue weighted by atomic mass is 16.5. The van der Waals surface area contributed by atoms with E-state index in [0.29, 0.717) is 24.2 Å². The number of pyridine rings is 1. The Balaban J connectivity index is 1.79. The van der Waals surface area contributed by atoms with Crippen molar-refractivity contribution in [2.24, 2.45) is 0 Å². The molecule has 0 saturated heterocycles. The lowest BCUT2D eigenvalue weighted by Gasteiger charge is -2.25. The van der Waals surface area contributed by atoms with Crippen LogP contribution in [0.3, 0.4) is 0 Å². The van der Waals surface area contributed by atoms with Gasteiger partial charge in [-0.25, -0.2) is 10.5 Å². The van der Waals surface area contributed by atoms with E-state index in [1.54, 1.807) is 28.7 Å². The Labute approximate surface area is 149 Å². The molecule has 1 aliphatic rings. The van der Waals surface area contributed by atoms with E-state index >= 15 is 0 Å². The molecule has 7 heteroatoms. The van der Waals surface area contributed by atoms with Crippen LogP contribution in [0.5, 0.6) is 0 Å². The van der Waals surface area contributed by atoms with Crippen LogP contribution in [0, 0.1) is 0 Å². The molecular weight excluding hydrogens is 332 g/mol. The highest BCUT2D eigenvalue weighted by Gasteiger charge is 2.29. The number of nitrogens with one attached hydrogen (secondary N) is 1. The summed E-state index contributed by atoms with van der Waals surface area (Å²) in [6.45, 7) is 1.39. The third-order valence-electron chi connectivity index (χ3n) is 4.83. The van der Waals surface area contributed by atoms with Gasteiger partial charge in [-0.3, -0.25) is 14.8 Å². The Morgan fingerprint density at radius 3 is 2.73 bits per heavy atom. The molecule has 0 aliphatic carbocycles. The first kappa shape index (κ1) is 16.3. The lowest BCUT2D eigenvalue weighted by atomic mass is 10.0. The number of hydroxylamine groups is 1. The predicted molar refractivity (Wildman–Crippen MR) is 95.2 cm³/mol. The van der Waals surface area contributed by atoms with Crippen LogP contribution in [-0.2, 0) is 13.0 Å². The molecule has 0 atom stereocenters. The summed E-state index contributed by atoms with van der Waals surface area (Å²) in [5.41, 5.74) is 5.43. The molecule has 2 N–H and O–H groups in total. The smallest absolute Gasteiger partial charge is 0.274 e. The van der Waals surface area contributed by atoms with E-state index in [1.165, 1.54) is 0 Å². The van der Waals surface area contributed by atoms with Crippen molar-refractivity contribution in [3.63, 3.8) is 0 Å². The zero-order chi connectivity index (χ0) is 18.3. The van der Waals surface area contributed by atoms with Crippen molar-refractivity contribution in [2.75, 3.05) is 13.6 Å². The second kappa shape index (κ2) is 6.27. The lowest BCUT2D eigenvalue weighted by molar-refractivity contribution is 0.0705. The number of hydrogen-bond donors (Lipinski definition) is 2. The van der Waals surface area contributed by atoms with E-state index in [4.69, 9.17) is 5.21 Å². The third-order valence-corrected chi connectivity index (χ3v) is 4.83. The number of nitrogens with zero attached hydrogens (tertiary/aromatic N) is 3. The molecule has 1 aliphatic heterocycles. The molecule has 2 amide bonds. The van der Waals surface area contributed by atoms with Crippen LogP contribution < -0.4 is 5.48 Å². The van der Waals surface area contributed by atoms with Crippen LogP contribution in [0.2, 0.25) is 0 Å². The number of rotatable bonds is 3. The maximum absolute atomic E-state index is 12.8. The molecule has 3 heterocycles. The summed E-state index contributed by atoms with van der Waals surface area (Å²) < 4.78 is 2.00. The molecule has 1 aromatic carbocycles. The molecule has 0 saturated carbocycles. The van der Waals surface area contributed by atoms with Crippen LogP contribution in [0.25, 0.3) is 11.0 Å². The molecule has 0 radical (unpaired) electrons. The van der Waals surface area contributed by atoms with Gasteiger partial charge in [-0.2, -0.15) is 0 Å². The zero-order valence-corrected chi connectivity index (χ0v) is 14.3. The zero-order valence-electron chi connectivity index (χ0n) is 14.3. The van der Waals surface area contributed by atoms with Crippen molar-refractivity contribution in [1.82, 2.24) is 19.9 Å². The van der Waals surface area contributed by atoms with E-state index in [2.05, 4.69) is 4.98 Å². The van der Waals surface area contributed by atoms with Gasteiger partial charge in [0.25, 0.3) is 11.8 Å². The predicted octanol–water partition coefficient (Wildman–Crippen LogP) is 1.83. The van der Waals surface area contributed by atoms with Gasteiger partial charge in [0.1, 0.15) is 11.3 Å². The molecule has 4 rings (SSSR count). The van der Waals surface area contributed by atoms with E-state index < -0.39 is 5.91 Å². The van der Waals surface area contributed by atoms with Crippen molar-refractivity contribution in [3.05, 3.63) is 65.0 Å². The second-order valence-electron chi connectivity index (χ2n) is 6.39. The first-order valence-electron chi connectivity index (χ1n) is 8.35. The maximum atomic E-state index is 12.8. The van der Waals surface area contributed by atoms with E-state index in [-0.39, 0.29) is 5.91 Å². The molecule has 0 fully saturated rings. The fourth-order valence-electron chi connectivity index (χ4n) is 3.46. The third kappa shape index (κ3) is 2.53. The Bertz CT molecular complexity index is 1010. The number of amides is 2. The van der Waals surface area contributed by atoms with Crippen LogP contribution in [0.4, 0.5) is 0 Å². The van der Waals surface area contributed by atoms with Gasteiger partial charge in [-0.1, -0.05) is 12.1 Å². The monoisotopic (exact) mass is 350 g/mol. The normalized spacial score (nSPS) is 13.8. The SMILES string of the molecule is CN1CCn2c(c(Cc3ccc(C(=O)NO)cc3)c3cccnc32)C1=O. The van der Waals surface area contributed by atoms with E-state index in [1.807, 2.05) is 35.9 Å². The topological polar surface area (TPSA) is 87.5 Å². The Morgan fingerprint density at radius 1 is 1.23 bits per heavy atom. The minimum atomic E-state index is -0.552. The summed E-state index contributed by atoms with van der Waals surface area (Å²) >= 11 is 0. The quantitative estimate of drug-likeness (QED) is 0.557. The summed E-state index contributed by atoms with van der Waals surface area (Å²) in [5.74, 6) is -0.551. The number of fused-ring (bicyclic) bond motifs is 3. The highest BCUT2D eigenvalue weighted by Crippen LogP contribution is 2.30. The van der Waals surface area contributed by atoms with Crippen molar-refractivity contribution < 1.29 is 14.8 Å². The molecule has 0 unspecified atom stereocenters.